The summed E-state index contributed by atoms with van der Waals surface area (Å²) in [6.07, 6.45) is 1.22. The molecule has 0 spiro atoms. The fraction of sp³-hybridized carbons (Fsp3) is 0.529. The van der Waals surface area contributed by atoms with Crippen molar-refractivity contribution in [3.05, 3.63) is 35.9 Å². The molecule has 0 atom stereocenters. The Labute approximate surface area is 137 Å². The summed E-state index contributed by atoms with van der Waals surface area (Å²) in [6.45, 7) is 4.11. The van der Waals surface area contributed by atoms with Crippen molar-refractivity contribution in [2.45, 2.75) is 32.4 Å². The number of hydrogen-bond acceptors (Lipinski definition) is 3. The van der Waals surface area contributed by atoms with Crippen LogP contribution in [0.15, 0.2) is 30.3 Å². The second-order valence-corrected chi connectivity index (χ2v) is 5.77. The van der Waals surface area contributed by atoms with Gasteiger partial charge >= 0.3 is 12.1 Å². The van der Waals surface area contributed by atoms with E-state index in [1.54, 1.807) is 16.8 Å². The van der Waals surface area contributed by atoms with Crippen LogP contribution < -0.4 is 5.32 Å². The van der Waals surface area contributed by atoms with Gasteiger partial charge in [0.15, 0.2) is 0 Å². The zero-order valence-electron chi connectivity index (χ0n) is 13.8. The van der Waals surface area contributed by atoms with E-state index in [9.17, 15) is 9.59 Å². The molecule has 0 unspecified atom stereocenters. The van der Waals surface area contributed by atoms with Gasteiger partial charge in [0.05, 0.1) is 0 Å². The third-order valence-corrected chi connectivity index (χ3v) is 4.11. The van der Waals surface area contributed by atoms with E-state index in [1.807, 2.05) is 37.3 Å². The van der Waals surface area contributed by atoms with Gasteiger partial charge in [0.2, 0.25) is 0 Å². The van der Waals surface area contributed by atoms with Crippen LogP contribution in [-0.2, 0) is 11.3 Å². The third-order valence-electron chi connectivity index (χ3n) is 4.11. The maximum Gasteiger partial charge on any atom is 0.410 e. The standard InChI is InChI=1S/C17H25N3O3/c1-3-19(2)16(21)18-15-9-11-20(12-10-15)17(22)23-13-14-7-5-4-6-8-14/h4-8,15H,3,9-13H2,1-2H3,(H,18,21). The first-order chi connectivity index (χ1) is 11.1. The van der Waals surface area contributed by atoms with Gasteiger partial charge in [-0.3, -0.25) is 0 Å². The maximum atomic E-state index is 12.1. The average Bonchev–Trinajstić information content (AvgIpc) is 2.60. The van der Waals surface area contributed by atoms with E-state index in [0.717, 1.165) is 18.4 Å². The Hall–Kier alpha value is -2.24. The summed E-state index contributed by atoms with van der Waals surface area (Å²) in [7, 11) is 1.77. The lowest BCUT2D eigenvalue weighted by atomic mass is 10.1. The smallest absolute Gasteiger partial charge is 0.410 e. The minimum Gasteiger partial charge on any atom is -0.445 e. The van der Waals surface area contributed by atoms with Gasteiger partial charge in [0.1, 0.15) is 6.61 Å². The van der Waals surface area contributed by atoms with Gasteiger partial charge in [-0.25, -0.2) is 9.59 Å². The van der Waals surface area contributed by atoms with Crippen molar-refractivity contribution in [3.63, 3.8) is 0 Å². The van der Waals surface area contributed by atoms with E-state index in [-0.39, 0.29) is 24.8 Å². The molecule has 23 heavy (non-hydrogen) atoms. The van der Waals surface area contributed by atoms with Crippen LogP contribution in [0.2, 0.25) is 0 Å². The van der Waals surface area contributed by atoms with E-state index in [0.29, 0.717) is 19.6 Å². The molecule has 1 saturated heterocycles. The van der Waals surface area contributed by atoms with E-state index in [1.165, 1.54) is 0 Å². The molecular formula is C17H25N3O3. The summed E-state index contributed by atoms with van der Waals surface area (Å²) < 4.78 is 5.33. The molecule has 1 aliphatic heterocycles. The quantitative estimate of drug-likeness (QED) is 0.927. The lowest BCUT2D eigenvalue weighted by Crippen LogP contribution is -2.49. The number of nitrogens with one attached hydrogen (secondary N) is 1. The van der Waals surface area contributed by atoms with E-state index in [4.69, 9.17) is 4.74 Å². The van der Waals surface area contributed by atoms with E-state index < -0.39 is 0 Å². The number of carbonyl (C=O) groups excluding carboxylic acids is 2. The number of amides is 3. The topological polar surface area (TPSA) is 61.9 Å². The Morgan fingerprint density at radius 1 is 1.26 bits per heavy atom. The number of carbonyl (C=O) groups is 2. The Morgan fingerprint density at radius 3 is 2.52 bits per heavy atom. The summed E-state index contributed by atoms with van der Waals surface area (Å²) in [5.74, 6) is 0. The minimum absolute atomic E-state index is 0.0578. The highest BCUT2D eigenvalue weighted by Crippen LogP contribution is 2.13. The van der Waals surface area contributed by atoms with Crippen LogP contribution in [-0.4, -0.2) is 54.6 Å². The second-order valence-electron chi connectivity index (χ2n) is 5.77. The lowest BCUT2D eigenvalue weighted by molar-refractivity contribution is 0.0855. The number of likely N-dealkylation sites (tertiary alicyclic amines) is 1. The highest BCUT2D eigenvalue weighted by molar-refractivity contribution is 5.74. The van der Waals surface area contributed by atoms with Gasteiger partial charge in [0.25, 0.3) is 0 Å². The first-order valence-electron chi connectivity index (χ1n) is 8.07. The van der Waals surface area contributed by atoms with Gasteiger partial charge in [-0.15, -0.1) is 0 Å². The van der Waals surface area contributed by atoms with Crippen molar-refractivity contribution in [2.24, 2.45) is 0 Å². The van der Waals surface area contributed by atoms with Crippen molar-refractivity contribution in [2.75, 3.05) is 26.7 Å². The first-order valence-corrected chi connectivity index (χ1v) is 8.07. The fourth-order valence-corrected chi connectivity index (χ4v) is 2.45. The van der Waals surface area contributed by atoms with Crippen LogP contribution in [0.25, 0.3) is 0 Å². The molecular weight excluding hydrogens is 294 g/mol. The average molecular weight is 319 g/mol. The van der Waals surface area contributed by atoms with Crippen LogP contribution in [0.5, 0.6) is 0 Å². The van der Waals surface area contributed by atoms with Crippen molar-refractivity contribution >= 4 is 12.1 Å². The summed E-state index contributed by atoms with van der Waals surface area (Å²) in [5.41, 5.74) is 0.977. The molecule has 6 nitrogen and oxygen atoms in total. The number of urea groups is 1. The van der Waals surface area contributed by atoms with Crippen molar-refractivity contribution in [1.82, 2.24) is 15.1 Å². The summed E-state index contributed by atoms with van der Waals surface area (Å²) >= 11 is 0. The molecule has 0 aliphatic carbocycles. The predicted octanol–water partition coefficient (Wildman–Crippen LogP) is 2.45. The SMILES string of the molecule is CCN(C)C(=O)NC1CCN(C(=O)OCc2ccccc2)CC1. The van der Waals surface area contributed by atoms with Crippen molar-refractivity contribution in [3.8, 4) is 0 Å². The zero-order chi connectivity index (χ0) is 16.7. The minimum atomic E-state index is -0.288. The molecule has 0 bridgehead atoms. The van der Waals surface area contributed by atoms with Crippen LogP contribution in [0.3, 0.4) is 0 Å². The molecule has 1 aromatic rings. The molecule has 6 heteroatoms. The summed E-state index contributed by atoms with van der Waals surface area (Å²) in [4.78, 5) is 27.2. The molecule has 0 radical (unpaired) electrons. The Morgan fingerprint density at radius 2 is 1.91 bits per heavy atom. The van der Waals surface area contributed by atoms with Gasteiger partial charge in [-0.2, -0.15) is 0 Å². The molecule has 0 saturated carbocycles. The summed E-state index contributed by atoms with van der Waals surface area (Å²) in [6, 6.07) is 9.70. The second kappa shape index (κ2) is 8.41. The first kappa shape index (κ1) is 17.1. The van der Waals surface area contributed by atoms with Gasteiger partial charge < -0.3 is 19.9 Å². The molecule has 1 aromatic carbocycles. The van der Waals surface area contributed by atoms with Crippen LogP contribution >= 0.6 is 0 Å². The zero-order valence-corrected chi connectivity index (χ0v) is 13.8. The molecule has 126 valence electrons. The monoisotopic (exact) mass is 319 g/mol. The van der Waals surface area contributed by atoms with Gasteiger partial charge in [0, 0.05) is 32.7 Å². The third kappa shape index (κ3) is 5.16. The molecule has 0 aromatic heterocycles. The van der Waals surface area contributed by atoms with Crippen molar-refractivity contribution < 1.29 is 14.3 Å². The van der Waals surface area contributed by atoms with Gasteiger partial charge in [-0.1, -0.05) is 30.3 Å². The lowest BCUT2D eigenvalue weighted by Gasteiger charge is -2.32. The highest BCUT2D eigenvalue weighted by Gasteiger charge is 2.25. The maximum absolute atomic E-state index is 12.1. The number of rotatable bonds is 4. The predicted molar refractivity (Wildman–Crippen MR) is 88.1 cm³/mol. The Balaban J connectivity index is 1.71. The Bertz CT molecular complexity index is 513. The largest absolute Gasteiger partial charge is 0.445 e. The number of hydrogen-bond donors (Lipinski definition) is 1. The number of piperidine rings is 1. The van der Waals surface area contributed by atoms with Crippen molar-refractivity contribution in [1.29, 1.82) is 0 Å². The van der Waals surface area contributed by atoms with Gasteiger partial charge in [-0.05, 0) is 25.3 Å². The molecule has 2 rings (SSSR count). The highest BCUT2D eigenvalue weighted by atomic mass is 16.6. The fourth-order valence-electron chi connectivity index (χ4n) is 2.45. The Kier molecular flexibility index (Phi) is 6.26. The van der Waals surface area contributed by atoms with Crippen LogP contribution in [0, 0.1) is 0 Å². The van der Waals surface area contributed by atoms with Crippen LogP contribution in [0.1, 0.15) is 25.3 Å². The number of benzene rings is 1. The number of nitrogens with zero attached hydrogens (tertiary/aromatic N) is 2. The number of ether oxygens (including phenoxy) is 1. The molecule has 3 amide bonds. The van der Waals surface area contributed by atoms with Crippen LogP contribution in [0.4, 0.5) is 9.59 Å². The summed E-state index contributed by atoms with van der Waals surface area (Å²) in [5, 5.41) is 3.00. The molecule has 1 fully saturated rings. The molecule has 1 heterocycles. The normalized spacial score (nSPS) is 15.1. The molecule has 1 N–H and O–H groups in total. The molecule has 1 aliphatic rings. The van der Waals surface area contributed by atoms with E-state index in [2.05, 4.69) is 5.32 Å². The van der Waals surface area contributed by atoms with E-state index >= 15 is 0 Å².